The van der Waals surface area contributed by atoms with Crippen LogP contribution in [0.15, 0.2) is 23.1 Å². The topological polar surface area (TPSA) is 83.6 Å². The molecule has 7 heteroatoms. The molecule has 1 aromatic rings. The van der Waals surface area contributed by atoms with E-state index in [1.54, 1.807) is 0 Å². The van der Waals surface area contributed by atoms with Gasteiger partial charge in [-0.25, -0.2) is 8.42 Å². The molecule has 1 aromatic carbocycles. The van der Waals surface area contributed by atoms with E-state index in [0.717, 1.165) is 0 Å². The van der Waals surface area contributed by atoms with Crippen molar-refractivity contribution in [1.29, 1.82) is 0 Å². The third-order valence-electron chi connectivity index (χ3n) is 2.43. The number of hydrogen-bond donors (Lipinski definition) is 2. The lowest BCUT2D eigenvalue weighted by Crippen LogP contribution is -2.34. The Bertz CT molecular complexity index is 499. The predicted octanol–water partition coefficient (Wildman–Crippen LogP) is 1.32. The Morgan fingerprint density at radius 2 is 2.06 bits per heavy atom. The van der Waals surface area contributed by atoms with Gasteiger partial charge in [-0.3, -0.25) is 0 Å². The SMILES string of the molecule is CCCN(CCO)S(=O)(=O)c1ccc(Cl)c(N)c1. The molecule has 0 heterocycles. The van der Waals surface area contributed by atoms with Gasteiger partial charge in [0, 0.05) is 13.1 Å². The molecule has 5 nitrogen and oxygen atoms in total. The summed E-state index contributed by atoms with van der Waals surface area (Å²) in [5, 5.41) is 9.24. The summed E-state index contributed by atoms with van der Waals surface area (Å²) >= 11 is 5.76. The van der Waals surface area contributed by atoms with Gasteiger partial charge in [-0.1, -0.05) is 18.5 Å². The van der Waals surface area contributed by atoms with Crippen LogP contribution in [0.25, 0.3) is 0 Å². The maximum Gasteiger partial charge on any atom is 0.243 e. The molecule has 0 radical (unpaired) electrons. The number of nitrogens with zero attached hydrogens (tertiary/aromatic N) is 1. The monoisotopic (exact) mass is 292 g/mol. The van der Waals surface area contributed by atoms with Crippen molar-refractivity contribution in [1.82, 2.24) is 4.31 Å². The summed E-state index contributed by atoms with van der Waals surface area (Å²) < 4.78 is 25.8. The van der Waals surface area contributed by atoms with E-state index in [-0.39, 0.29) is 23.7 Å². The summed E-state index contributed by atoms with van der Waals surface area (Å²) in [5.74, 6) is 0. The van der Waals surface area contributed by atoms with Crippen molar-refractivity contribution in [3.05, 3.63) is 23.2 Å². The Morgan fingerprint density at radius 3 is 2.56 bits per heavy atom. The van der Waals surface area contributed by atoms with E-state index >= 15 is 0 Å². The molecule has 0 aliphatic rings. The van der Waals surface area contributed by atoms with Crippen LogP contribution >= 0.6 is 11.6 Å². The molecule has 3 N–H and O–H groups in total. The van der Waals surface area contributed by atoms with Crippen LogP contribution in [0.3, 0.4) is 0 Å². The summed E-state index contributed by atoms with van der Waals surface area (Å²) in [7, 11) is -3.63. The van der Waals surface area contributed by atoms with Gasteiger partial charge in [0.1, 0.15) is 0 Å². The molecule has 0 unspecified atom stereocenters. The Labute approximate surface area is 112 Å². The Balaban J connectivity index is 3.13. The molecule has 0 amide bonds. The van der Waals surface area contributed by atoms with Crippen LogP contribution < -0.4 is 5.73 Å². The molecule has 102 valence electrons. The molecular weight excluding hydrogens is 276 g/mol. The van der Waals surface area contributed by atoms with Gasteiger partial charge in [0.05, 0.1) is 22.2 Å². The third kappa shape index (κ3) is 3.35. The molecular formula is C11H17ClN2O3S. The maximum atomic E-state index is 12.3. The number of aliphatic hydroxyl groups is 1. The molecule has 0 spiro atoms. The number of sulfonamides is 1. The Morgan fingerprint density at radius 1 is 1.39 bits per heavy atom. The van der Waals surface area contributed by atoms with Crippen LogP contribution in [-0.2, 0) is 10.0 Å². The van der Waals surface area contributed by atoms with Gasteiger partial charge in [0.15, 0.2) is 0 Å². The van der Waals surface area contributed by atoms with Gasteiger partial charge < -0.3 is 10.8 Å². The fourth-order valence-electron chi connectivity index (χ4n) is 1.54. The lowest BCUT2D eigenvalue weighted by Gasteiger charge is -2.20. The second kappa shape index (κ2) is 6.38. The summed E-state index contributed by atoms with van der Waals surface area (Å²) in [5.41, 5.74) is 5.82. The van der Waals surface area contributed by atoms with E-state index < -0.39 is 10.0 Å². The van der Waals surface area contributed by atoms with E-state index in [1.165, 1.54) is 22.5 Å². The van der Waals surface area contributed by atoms with Crippen molar-refractivity contribution in [2.45, 2.75) is 18.2 Å². The zero-order valence-electron chi connectivity index (χ0n) is 10.1. The van der Waals surface area contributed by atoms with Crippen molar-refractivity contribution in [3.8, 4) is 0 Å². The number of benzene rings is 1. The lowest BCUT2D eigenvalue weighted by atomic mass is 10.3. The van der Waals surface area contributed by atoms with Crippen LogP contribution in [0.1, 0.15) is 13.3 Å². The summed E-state index contributed by atoms with van der Waals surface area (Å²) in [4.78, 5) is 0.0892. The molecule has 0 fully saturated rings. The normalized spacial score (nSPS) is 12.0. The summed E-state index contributed by atoms with van der Waals surface area (Å²) in [6.45, 7) is 2.07. The number of nitrogens with two attached hydrogens (primary N) is 1. The molecule has 18 heavy (non-hydrogen) atoms. The minimum Gasteiger partial charge on any atom is -0.397 e. The number of halogens is 1. The largest absolute Gasteiger partial charge is 0.397 e. The Hall–Kier alpha value is -0.820. The van der Waals surface area contributed by atoms with Gasteiger partial charge in [-0.05, 0) is 24.6 Å². The van der Waals surface area contributed by atoms with Crippen molar-refractivity contribution < 1.29 is 13.5 Å². The standard InChI is InChI=1S/C11H17ClN2O3S/c1-2-5-14(6-7-15)18(16,17)9-3-4-10(12)11(13)8-9/h3-4,8,15H,2,5-7,13H2,1H3. The van der Waals surface area contributed by atoms with Gasteiger partial charge in [0.25, 0.3) is 0 Å². The first-order valence-corrected chi connectivity index (χ1v) is 7.41. The van der Waals surface area contributed by atoms with Crippen LogP contribution in [0.5, 0.6) is 0 Å². The summed E-state index contributed by atoms with van der Waals surface area (Å²) in [6, 6.07) is 4.19. The van der Waals surface area contributed by atoms with Crippen LogP contribution in [0.4, 0.5) is 5.69 Å². The van der Waals surface area contributed by atoms with Crippen molar-refractivity contribution >= 4 is 27.3 Å². The van der Waals surface area contributed by atoms with Crippen LogP contribution in [-0.4, -0.2) is 37.5 Å². The highest BCUT2D eigenvalue weighted by molar-refractivity contribution is 7.89. The fourth-order valence-corrected chi connectivity index (χ4v) is 3.22. The molecule has 0 atom stereocenters. The van der Waals surface area contributed by atoms with Crippen LogP contribution in [0, 0.1) is 0 Å². The van der Waals surface area contributed by atoms with E-state index in [4.69, 9.17) is 22.4 Å². The minimum absolute atomic E-state index is 0.0682. The first-order valence-electron chi connectivity index (χ1n) is 5.59. The predicted molar refractivity (Wildman–Crippen MR) is 72.0 cm³/mol. The molecule has 0 aromatic heterocycles. The highest BCUT2D eigenvalue weighted by Gasteiger charge is 2.23. The quantitative estimate of drug-likeness (QED) is 0.775. The minimum atomic E-state index is -3.63. The van der Waals surface area contributed by atoms with Gasteiger partial charge >= 0.3 is 0 Å². The zero-order chi connectivity index (χ0) is 13.8. The van der Waals surface area contributed by atoms with Crippen molar-refractivity contribution in [3.63, 3.8) is 0 Å². The number of nitrogen functional groups attached to an aromatic ring is 1. The van der Waals surface area contributed by atoms with E-state index in [0.29, 0.717) is 18.0 Å². The number of hydrogen-bond acceptors (Lipinski definition) is 4. The molecule has 0 saturated heterocycles. The third-order valence-corrected chi connectivity index (χ3v) is 4.67. The molecule has 0 saturated carbocycles. The van der Waals surface area contributed by atoms with E-state index in [2.05, 4.69) is 0 Å². The van der Waals surface area contributed by atoms with Crippen molar-refractivity contribution in [2.24, 2.45) is 0 Å². The molecule has 0 aliphatic carbocycles. The smallest absolute Gasteiger partial charge is 0.243 e. The average molecular weight is 293 g/mol. The van der Waals surface area contributed by atoms with E-state index in [9.17, 15) is 8.42 Å². The molecule has 0 aliphatic heterocycles. The summed E-state index contributed by atoms with van der Waals surface area (Å²) in [6.07, 6.45) is 0.669. The molecule has 0 bridgehead atoms. The highest BCUT2D eigenvalue weighted by atomic mass is 35.5. The van der Waals surface area contributed by atoms with Crippen molar-refractivity contribution in [2.75, 3.05) is 25.4 Å². The maximum absolute atomic E-state index is 12.3. The van der Waals surface area contributed by atoms with Crippen LogP contribution in [0.2, 0.25) is 5.02 Å². The van der Waals surface area contributed by atoms with Gasteiger partial charge in [-0.15, -0.1) is 0 Å². The second-order valence-electron chi connectivity index (χ2n) is 3.81. The van der Waals surface area contributed by atoms with Gasteiger partial charge in [0.2, 0.25) is 10.0 Å². The first kappa shape index (κ1) is 15.2. The zero-order valence-corrected chi connectivity index (χ0v) is 11.7. The Kier molecular flexibility index (Phi) is 5.40. The van der Waals surface area contributed by atoms with Gasteiger partial charge in [-0.2, -0.15) is 4.31 Å². The number of rotatable bonds is 6. The van der Waals surface area contributed by atoms with E-state index in [1.807, 2.05) is 6.92 Å². The number of anilines is 1. The highest BCUT2D eigenvalue weighted by Crippen LogP contribution is 2.24. The molecule has 1 rings (SSSR count). The second-order valence-corrected chi connectivity index (χ2v) is 6.16. The lowest BCUT2D eigenvalue weighted by molar-refractivity contribution is 0.253. The fraction of sp³-hybridized carbons (Fsp3) is 0.455. The first-order chi connectivity index (χ1) is 8.43. The average Bonchev–Trinajstić information content (AvgIpc) is 2.32. The number of aliphatic hydroxyl groups excluding tert-OH is 1.